The van der Waals surface area contributed by atoms with Crippen molar-refractivity contribution in [2.45, 2.75) is 31.7 Å². The molecule has 0 spiro atoms. The third kappa shape index (κ3) is 2.35. The maximum Gasteiger partial charge on any atom is 0.245 e. The van der Waals surface area contributed by atoms with E-state index in [4.69, 9.17) is 5.73 Å². The van der Waals surface area contributed by atoms with Crippen molar-refractivity contribution in [1.82, 2.24) is 10.2 Å². The third-order valence-corrected chi connectivity index (χ3v) is 3.55. The average molecular weight is 225 g/mol. The van der Waals surface area contributed by atoms with Gasteiger partial charge in [0.05, 0.1) is 0 Å². The van der Waals surface area contributed by atoms with Crippen LogP contribution in [0.2, 0.25) is 0 Å². The van der Waals surface area contributed by atoms with Crippen molar-refractivity contribution in [2.75, 3.05) is 19.6 Å². The summed E-state index contributed by atoms with van der Waals surface area (Å²) >= 11 is 0. The summed E-state index contributed by atoms with van der Waals surface area (Å²) in [5.41, 5.74) is 5.60. The zero-order valence-electron chi connectivity index (χ0n) is 9.45. The number of nitrogens with zero attached hydrogens (tertiary/aromatic N) is 1. The highest BCUT2D eigenvalue weighted by Crippen LogP contribution is 2.18. The lowest BCUT2D eigenvalue weighted by atomic mass is 9.96. The molecule has 0 bridgehead atoms. The molecule has 2 aliphatic rings. The molecular weight excluding hydrogens is 206 g/mol. The van der Waals surface area contributed by atoms with Crippen molar-refractivity contribution in [3.63, 3.8) is 0 Å². The Morgan fingerprint density at radius 2 is 2.06 bits per heavy atom. The highest BCUT2D eigenvalue weighted by Gasteiger charge is 2.32. The van der Waals surface area contributed by atoms with E-state index in [9.17, 15) is 9.59 Å². The monoisotopic (exact) mass is 225 g/mol. The number of nitrogens with two attached hydrogens (primary N) is 1. The Bertz CT molecular complexity index is 285. The lowest BCUT2D eigenvalue weighted by Crippen LogP contribution is -2.48. The first-order chi connectivity index (χ1) is 7.70. The van der Waals surface area contributed by atoms with E-state index in [2.05, 4.69) is 5.32 Å². The van der Waals surface area contributed by atoms with E-state index in [0.29, 0.717) is 25.3 Å². The molecule has 1 unspecified atom stereocenters. The second-order valence-corrected chi connectivity index (χ2v) is 4.66. The predicted octanol–water partition coefficient (Wildman–Crippen LogP) is -0.538. The van der Waals surface area contributed by atoms with E-state index in [1.807, 2.05) is 4.90 Å². The molecule has 2 fully saturated rings. The van der Waals surface area contributed by atoms with Gasteiger partial charge >= 0.3 is 0 Å². The number of hydrogen-bond acceptors (Lipinski definition) is 3. The van der Waals surface area contributed by atoms with Gasteiger partial charge in [-0.1, -0.05) is 0 Å². The number of piperidine rings is 1. The average Bonchev–Trinajstić information content (AvgIpc) is 2.75. The van der Waals surface area contributed by atoms with Gasteiger partial charge in [-0.15, -0.1) is 0 Å². The Labute approximate surface area is 95.3 Å². The van der Waals surface area contributed by atoms with Gasteiger partial charge in [-0.3, -0.25) is 9.59 Å². The highest BCUT2D eigenvalue weighted by atomic mass is 16.2. The lowest BCUT2D eigenvalue weighted by molar-refractivity contribution is -0.135. The summed E-state index contributed by atoms with van der Waals surface area (Å²) in [6, 6.07) is -0.276. The molecular formula is C11H19N3O2. The van der Waals surface area contributed by atoms with Crippen LogP contribution in [0, 0.1) is 5.92 Å². The smallest absolute Gasteiger partial charge is 0.245 e. The zero-order chi connectivity index (χ0) is 11.5. The summed E-state index contributed by atoms with van der Waals surface area (Å²) in [5.74, 6) is 0.638. The van der Waals surface area contributed by atoms with Crippen LogP contribution in [0.1, 0.15) is 25.7 Å². The molecule has 2 amide bonds. The maximum atomic E-state index is 12.0. The van der Waals surface area contributed by atoms with Crippen LogP contribution >= 0.6 is 0 Å². The summed E-state index contributed by atoms with van der Waals surface area (Å²) in [6.07, 6.45) is 3.11. The number of hydrogen-bond donors (Lipinski definition) is 2. The molecule has 2 aliphatic heterocycles. The number of likely N-dealkylation sites (tertiary alicyclic amines) is 1. The molecule has 5 heteroatoms. The quantitative estimate of drug-likeness (QED) is 0.663. The highest BCUT2D eigenvalue weighted by molar-refractivity contribution is 5.90. The van der Waals surface area contributed by atoms with Crippen molar-refractivity contribution in [2.24, 2.45) is 11.7 Å². The van der Waals surface area contributed by atoms with Crippen molar-refractivity contribution < 1.29 is 9.59 Å². The Hall–Kier alpha value is -1.10. The van der Waals surface area contributed by atoms with Crippen LogP contribution in [-0.2, 0) is 9.59 Å². The maximum absolute atomic E-state index is 12.0. The fourth-order valence-corrected chi connectivity index (χ4v) is 2.41. The number of rotatable bonds is 2. The molecule has 0 saturated carbocycles. The van der Waals surface area contributed by atoms with Crippen molar-refractivity contribution >= 4 is 11.8 Å². The van der Waals surface area contributed by atoms with Gasteiger partial charge in [0.2, 0.25) is 11.8 Å². The minimum atomic E-state index is -0.276. The van der Waals surface area contributed by atoms with Gasteiger partial charge in [0.1, 0.15) is 6.04 Å². The van der Waals surface area contributed by atoms with Crippen molar-refractivity contribution in [1.29, 1.82) is 0 Å². The molecule has 2 heterocycles. The zero-order valence-corrected chi connectivity index (χ0v) is 9.45. The molecule has 90 valence electrons. The van der Waals surface area contributed by atoms with Crippen LogP contribution in [0.25, 0.3) is 0 Å². The Morgan fingerprint density at radius 1 is 1.38 bits per heavy atom. The predicted molar refractivity (Wildman–Crippen MR) is 59.5 cm³/mol. The SMILES string of the molecule is NCC1CCN(C(=O)C2CCC(=O)N2)CC1. The minimum Gasteiger partial charge on any atom is -0.344 e. The van der Waals surface area contributed by atoms with Gasteiger partial charge < -0.3 is 16.0 Å². The molecule has 0 radical (unpaired) electrons. The topological polar surface area (TPSA) is 75.4 Å². The lowest BCUT2D eigenvalue weighted by Gasteiger charge is -2.32. The standard InChI is InChI=1S/C11H19N3O2/c12-7-8-3-5-14(6-4-8)11(16)9-1-2-10(15)13-9/h8-9H,1-7,12H2,(H,13,15). The van der Waals surface area contributed by atoms with E-state index in [-0.39, 0.29) is 17.9 Å². The van der Waals surface area contributed by atoms with Gasteiger partial charge in [0.15, 0.2) is 0 Å². The second-order valence-electron chi connectivity index (χ2n) is 4.66. The number of carbonyl (C=O) groups is 2. The minimum absolute atomic E-state index is 0.00445. The molecule has 2 saturated heterocycles. The van der Waals surface area contributed by atoms with Crippen LogP contribution in [-0.4, -0.2) is 42.4 Å². The summed E-state index contributed by atoms with van der Waals surface area (Å²) in [7, 11) is 0. The summed E-state index contributed by atoms with van der Waals surface area (Å²) < 4.78 is 0. The van der Waals surface area contributed by atoms with Crippen molar-refractivity contribution in [3.05, 3.63) is 0 Å². The van der Waals surface area contributed by atoms with Crippen molar-refractivity contribution in [3.8, 4) is 0 Å². The molecule has 0 aromatic carbocycles. The first-order valence-electron chi connectivity index (χ1n) is 5.99. The van der Waals surface area contributed by atoms with Gasteiger partial charge in [0, 0.05) is 19.5 Å². The molecule has 1 atom stereocenters. The third-order valence-electron chi connectivity index (χ3n) is 3.55. The Balaban J connectivity index is 1.84. The van der Waals surface area contributed by atoms with Gasteiger partial charge in [-0.25, -0.2) is 0 Å². The molecule has 0 aliphatic carbocycles. The molecule has 0 aromatic rings. The van der Waals surface area contributed by atoms with Gasteiger partial charge in [-0.05, 0) is 31.7 Å². The number of carbonyl (C=O) groups excluding carboxylic acids is 2. The fourth-order valence-electron chi connectivity index (χ4n) is 2.41. The van der Waals surface area contributed by atoms with Crippen LogP contribution < -0.4 is 11.1 Å². The Kier molecular flexibility index (Phi) is 3.43. The molecule has 3 N–H and O–H groups in total. The van der Waals surface area contributed by atoms with E-state index >= 15 is 0 Å². The normalized spacial score (nSPS) is 26.9. The number of nitrogens with one attached hydrogen (secondary N) is 1. The Morgan fingerprint density at radius 3 is 2.56 bits per heavy atom. The van der Waals surface area contributed by atoms with Crippen LogP contribution in [0.3, 0.4) is 0 Å². The first kappa shape index (κ1) is 11.4. The summed E-state index contributed by atoms with van der Waals surface area (Å²) in [5, 5.41) is 2.72. The molecule has 0 aromatic heterocycles. The molecule has 16 heavy (non-hydrogen) atoms. The fraction of sp³-hybridized carbons (Fsp3) is 0.818. The van der Waals surface area contributed by atoms with Gasteiger partial charge in [0.25, 0.3) is 0 Å². The number of amides is 2. The second kappa shape index (κ2) is 4.82. The van der Waals surface area contributed by atoms with E-state index < -0.39 is 0 Å². The van der Waals surface area contributed by atoms with Crippen LogP contribution in [0.4, 0.5) is 0 Å². The van der Waals surface area contributed by atoms with Crippen LogP contribution in [0.5, 0.6) is 0 Å². The van der Waals surface area contributed by atoms with E-state index in [1.54, 1.807) is 0 Å². The largest absolute Gasteiger partial charge is 0.344 e. The summed E-state index contributed by atoms with van der Waals surface area (Å²) in [6.45, 7) is 2.28. The van der Waals surface area contributed by atoms with E-state index in [1.165, 1.54) is 0 Å². The van der Waals surface area contributed by atoms with E-state index in [0.717, 1.165) is 25.9 Å². The molecule has 2 rings (SSSR count). The van der Waals surface area contributed by atoms with Gasteiger partial charge in [-0.2, -0.15) is 0 Å². The van der Waals surface area contributed by atoms with Crippen LogP contribution in [0.15, 0.2) is 0 Å². The summed E-state index contributed by atoms with van der Waals surface area (Å²) in [4.78, 5) is 24.9. The molecule has 5 nitrogen and oxygen atoms in total. The first-order valence-corrected chi connectivity index (χ1v) is 5.99.